The summed E-state index contributed by atoms with van der Waals surface area (Å²) in [5.74, 6) is 0. The van der Waals surface area contributed by atoms with Gasteiger partial charge >= 0.3 is 0 Å². The molecule has 1 aromatic rings. The van der Waals surface area contributed by atoms with Gasteiger partial charge in [-0.2, -0.15) is 0 Å². The van der Waals surface area contributed by atoms with Crippen LogP contribution >= 0.6 is 0 Å². The van der Waals surface area contributed by atoms with E-state index in [1.54, 1.807) is 5.56 Å². The average Bonchev–Trinajstić information content (AvgIpc) is 2.12. The molecule has 0 atom stereocenters. The van der Waals surface area contributed by atoms with Gasteiger partial charge in [-0.15, -0.1) is 0 Å². The fourth-order valence-corrected chi connectivity index (χ4v) is 1.88. The van der Waals surface area contributed by atoms with Crippen LogP contribution in [0.4, 0.5) is 0 Å². The molecule has 2 rings (SSSR count). The highest BCUT2D eigenvalue weighted by molar-refractivity contribution is 5.61. The average molecular weight is 158 g/mol. The van der Waals surface area contributed by atoms with E-state index in [2.05, 4.69) is 38.1 Å². The van der Waals surface area contributed by atoms with Gasteiger partial charge in [0.2, 0.25) is 0 Å². The van der Waals surface area contributed by atoms with Crippen LogP contribution in [-0.2, 0) is 6.42 Å². The zero-order valence-corrected chi connectivity index (χ0v) is 7.72. The van der Waals surface area contributed by atoms with Crippen molar-refractivity contribution < 1.29 is 0 Å². The second kappa shape index (κ2) is 2.78. The number of fused-ring (bicyclic) bond motifs is 1. The summed E-state index contributed by atoms with van der Waals surface area (Å²) >= 11 is 0. The summed E-state index contributed by atoms with van der Waals surface area (Å²) in [6.07, 6.45) is 6.96. The topological polar surface area (TPSA) is 0 Å². The second-order valence-electron chi connectivity index (χ2n) is 3.53. The first-order valence-electron chi connectivity index (χ1n) is 4.54. The minimum atomic E-state index is 1.21. The van der Waals surface area contributed by atoms with Crippen LogP contribution < -0.4 is 0 Å². The minimum absolute atomic E-state index is 1.21. The summed E-state index contributed by atoms with van der Waals surface area (Å²) in [6.45, 7) is 4.39. The van der Waals surface area contributed by atoms with Crippen molar-refractivity contribution in [3.05, 3.63) is 40.5 Å². The quantitative estimate of drug-likeness (QED) is 0.543. The predicted octanol–water partition coefficient (Wildman–Crippen LogP) is 3.26. The number of hydrogen-bond acceptors (Lipinski definition) is 0. The zero-order valence-electron chi connectivity index (χ0n) is 7.72. The number of allylic oxidation sites excluding steroid dienone is 1. The highest BCUT2D eigenvalue weighted by Gasteiger charge is 2.08. The smallest absolute Gasteiger partial charge is 0.0196 e. The normalized spacial score (nSPS) is 14.5. The third-order valence-electron chi connectivity index (χ3n) is 2.65. The molecule has 0 amide bonds. The van der Waals surface area contributed by atoms with Crippen molar-refractivity contribution in [3.8, 4) is 0 Å². The molecular weight excluding hydrogens is 144 g/mol. The molecule has 0 bridgehead atoms. The van der Waals surface area contributed by atoms with Crippen LogP contribution in [0.25, 0.3) is 6.08 Å². The number of hydrogen-bond donors (Lipinski definition) is 0. The first-order valence-corrected chi connectivity index (χ1v) is 4.54. The van der Waals surface area contributed by atoms with Crippen LogP contribution in [0, 0.1) is 13.8 Å². The van der Waals surface area contributed by atoms with Crippen molar-refractivity contribution in [1.82, 2.24) is 0 Å². The third kappa shape index (κ3) is 1.08. The SMILES string of the molecule is Cc1ccc(C)c2c1C=CCC2. The molecule has 1 aliphatic rings. The molecule has 0 spiro atoms. The number of benzene rings is 1. The third-order valence-corrected chi connectivity index (χ3v) is 2.65. The van der Waals surface area contributed by atoms with Crippen LogP contribution in [0.3, 0.4) is 0 Å². The Balaban J connectivity index is 2.67. The Bertz CT molecular complexity index is 332. The zero-order chi connectivity index (χ0) is 8.55. The molecule has 1 aromatic carbocycles. The van der Waals surface area contributed by atoms with Gasteiger partial charge in [0, 0.05) is 0 Å². The van der Waals surface area contributed by atoms with E-state index in [0.29, 0.717) is 0 Å². The molecule has 0 saturated heterocycles. The van der Waals surface area contributed by atoms with E-state index in [4.69, 9.17) is 0 Å². The number of rotatable bonds is 0. The van der Waals surface area contributed by atoms with E-state index in [1.807, 2.05) is 0 Å². The van der Waals surface area contributed by atoms with E-state index in [9.17, 15) is 0 Å². The van der Waals surface area contributed by atoms with Crippen LogP contribution in [0.15, 0.2) is 18.2 Å². The number of aryl methyl sites for hydroxylation is 2. The summed E-state index contributed by atoms with van der Waals surface area (Å²) in [4.78, 5) is 0. The summed E-state index contributed by atoms with van der Waals surface area (Å²) in [7, 11) is 0. The molecule has 0 heteroatoms. The van der Waals surface area contributed by atoms with E-state index in [-0.39, 0.29) is 0 Å². The van der Waals surface area contributed by atoms with Gasteiger partial charge in [0.1, 0.15) is 0 Å². The maximum Gasteiger partial charge on any atom is -0.0196 e. The van der Waals surface area contributed by atoms with Crippen molar-refractivity contribution in [2.45, 2.75) is 26.7 Å². The van der Waals surface area contributed by atoms with E-state index < -0.39 is 0 Å². The molecule has 0 saturated carbocycles. The highest BCUT2D eigenvalue weighted by atomic mass is 14.1. The summed E-state index contributed by atoms with van der Waals surface area (Å²) in [5, 5.41) is 0. The Labute approximate surface area is 73.9 Å². The molecule has 0 nitrogen and oxygen atoms in total. The Morgan fingerprint density at radius 2 is 1.83 bits per heavy atom. The predicted molar refractivity (Wildman–Crippen MR) is 53.3 cm³/mol. The largest absolute Gasteiger partial charge is 0.0836 e. The molecule has 0 aliphatic heterocycles. The molecule has 0 radical (unpaired) electrons. The van der Waals surface area contributed by atoms with E-state index in [1.165, 1.54) is 29.5 Å². The van der Waals surface area contributed by atoms with Crippen LogP contribution in [0.5, 0.6) is 0 Å². The van der Waals surface area contributed by atoms with E-state index >= 15 is 0 Å². The lowest BCUT2D eigenvalue weighted by molar-refractivity contribution is 0.966. The molecule has 0 aromatic heterocycles. The Morgan fingerprint density at radius 3 is 2.58 bits per heavy atom. The van der Waals surface area contributed by atoms with E-state index in [0.717, 1.165) is 0 Å². The lowest BCUT2D eigenvalue weighted by Crippen LogP contribution is -1.99. The van der Waals surface area contributed by atoms with Crippen molar-refractivity contribution in [3.63, 3.8) is 0 Å². The van der Waals surface area contributed by atoms with Gasteiger partial charge in [0.25, 0.3) is 0 Å². The summed E-state index contributed by atoms with van der Waals surface area (Å²) in [6, 6.07) is 4.44. The van der Waals surface area contributed by atoms with Gasteiger partial charge in [-0.05, 0) is 48.9 Å². The van der Waals surface area contributed by atoms with Crippen LogP contribution in [-0.4, -0.2) is 0 Å². The van der Waals surface area contributed by atoms with Crippen LogP contribution in [0.2, 0.25) is 0 Å². The first-order chi connectivity index (χ1) is 5.79. The second-order valence-corrected chi connectivity index (χ2v) is 3.53. The highest BCUT2D eigenvalue weighted by Crippen LogP contribution is 2.25. The molecule has 0 fully saturated rings. The van der Waals surface area contributed by atoms with Crippen molar-refractivity contribution in [2.75, 3.05) is 0 Å². The van der Waals surface area contributed by atoms with Crippen LogP contribution in [0.1, 0.15) is 28.7 Å². The minimum Gasteiger partial charge on any atom is -0.0836 e. The maximum absolute atomic E-state index is 2.27. The van der Waals surface area contributed by atoms with Gasteiger partial charge in [0.15, 0.2) is 0 Å². The van der Waals surface area contributed by atoms with Gasteiger partial charge in [-0.3, -0.25) is 0 Å². The Kier molecular flexibility index (Phi) is 1.76. The molecular formula is C12H14. The standard InChI is InChI=1S/C12H14/c1-9-7-8-10(2)12-6-4-3-5-11(9)12/h3,5,7-8H,4,6H2,1-2H3. The molecule has 0 unspecified atom stereocenters. The lowest BCUT2D eigenvalue weighted by atomic mass is 9.90. The molecule has 62 valence electrons. The monoisotopic (exact) mass is 158 g/mol. The van der Waals surface area contributed by atoms with Gasteiger partial charge < -0.3 is 0 Å². The fraction of sp³-hybridized carbons (Fsp3) is 0.333. The molecule has 1 aliphatic carbocycles. The summed E-state index contributed by atoms with van der Waals surface area (Å²) < 4.78 is 0. The fourth-order valence-electron chi connectivity index (χ4n) is 1.88. The Morgan fingerprint density at radius 1 is 1.08 bits per heavy atom. The van der Waals surface area contributed by atoms with Crippen molar-refractivity contribution in [2.24, 2.45) is 0 Å². The van der Waals surface area contributed by atoms with Gasteiger partial charge in [0.05, 0.1) is 0 Å². The van der Waals surface area contributed by atoms with Gasteiger partial charge in [-0.1, -0.05) is 24.3 Å². The lowest BCUT2D eigenvalue weighted by Gasteiger charge is -2.15. The molecule has 0 N–H and O–H groups in total. The van der Waals surface area contributed by atoms with Crippen molar-refractivity contribution >= 4 is 6.08 Å². The Hall–Kier alpha value is -1.04. The summed E-state index contributed by atoms with van der Waals surface area (Å²) in [5.41, 5.74) is 5.87. The molecule has 12 heavy (non-hydrogen) atoms. The van der Waals surface area contributed by atoms with Crippen molar-refractivity contribution in [1.29, 1.82) is 0 Å². The maximum atomic E-state index is 2.27. The molecule has 0 heterocycles. The first kappa shape index (κ1) is 7.60. The van der Waals surface area contributed by atoms with Gasteiger partial charge in [-0.25, -0.2) is 0 Å².